The van der Waals surface area contributed by atoms with Gasteiger partial charge in [-0.2, -0.15) is 0 Å². The van der Waals surface area contributed by atoms with E-state index in [-0.39, 0.29) is 11.5 Å². The van der Waals surface area contributed by atoms with Crippen LogP contribution in [0.5, 0.6) is 11.5 Å². The Morgan fingerprint density at radius 3 is 2.29 bits per heavy atom. The fourth-order valence-electron chi connectivity index (χ4n) is 2.64. The van der Waals surface area contributed by atoms with E-state index < -0.39 is 11.0 Å². The fraction of sp³-hybridized carbons (Fsp3) is 0. The van der Waals surface area contributed by atoms with E-state index >= 15 is 0 Å². The Hall–Kier alpha value is -2.96. The zero-order valence-corrected chi connectivity index (χ0v) is 16.6. The Balaban J connectivity index is 2.03. The molecule has 0 amide bonds. The maximum atomic E-state index is 12.7. The van der Waals surface area contributed by atoms with Crippen molar-refractivity contribution in [3.8, 4) is 11.5 Å². The van der Waals surface area contributed by atoms with Crippen molar-refractivity contribution >= 4 is 40.6 Å². The van der Waals surface area contributed by atoms with Gasteiger partial charge in [-0.1, -0.05) is 61.3 Å². The van der Waals surface area contributed by atoms with Gasteiger partial charge in [0.05, 0.1) is 15.5 Å². The highest BCUT2D eigenvalue weighted by Gasteiger charge is 2.17. The first kappa shape index (κ1) is 19.8. The minimum atomic E-state index is -1.61. The number of phenolic OH excluding ortho intramolecular Hbond substituents is 2. The molecule has 1 atom stereocenters. The van der Waals surface area contributed by atoms with Crippen LogP contribution in [0, 0.1) is 0 Å². The van der Waals surface area contributed by atoms with E-state index in [2.05, 4.69) is 17.9 Å². The van der Waals surface area contributed by atoms with E-state index in [1.807, 2.05) is 30.3 Å². The summed E-state index contributed by atoms with van der Waals surface area (Å²) >= 11 is 1.39. The molecule has 6 heteroatoms. The molecule has 0 saturated carbocycles. The van der Waals surface area contributed by atoms with E-state index in [1.54, 1.807) is 30.4 Å². The Morgan fingerprint density at radius 1 is 0.929 bits per heavy atom. The van der Waals surface area contributed by atoms with Crippen molar-refractivity contribution in [3.05, 3.63) is 84.9 Å². The van der Waals surface area contributed by atoms with Gasteiger partial charge < -0.3 is 14.9 Å². The van der Waals surface area contributed by atoms with Crippen LogP contribution in [0.4, 0.5) is 5.69 Å². The second-order valence-electron chi connectivity index (χ2n) is 5.79. The first-order valence-corrected chi connectivity index (χ1v) is 10.3. The molecule has 0 fully saturated rings. The molecule has 0 aliphatic rings. The number of hydrogen-bond donors (Lipinski definition) is 3. The highest BCUT2D eigenvalue weighted by atomic mass is 32.2. The molecule has 0 heterocycles. The number of phenols is 2. The molecule has 4 nitrogen and oxygen atoms in total. The summed E-state index contributed by atoms with van der Waals surface area (Å²) in [4.78, 5) is 1.99. The SMILES string of the molecule is C=Cc1c(NS(=O)c2cccc(O)c2)cc(Sc2ccccc2)c(O)c1C=C. The average Bonchev–Trinajstić information content (AvgIpc) is 2.70. The second-order valence-corrected chi connectivity index (χ2v) is 8.12. The summed E-state index contributed by atoms with van der Waals surface area (Å²) in [5.74, 6) is 0.127. The van der Waals surface area contributed by atoms with Gasteiger partial charge in [-0.3, -0.25) is 0 Å². The summed E-state index contributed by atoms with van der Waals surface area (Å²) in [6.45, 7) is 7.59. The van der Waals surface area contributed by atoms with E-state index in [4.69, 9.17) is 0 Å². The van der Waals surface area contributed by atoms with Crippen molar-refractivity contribution in [1.82, 2.24) is 0 Å². The summed E-state index contributed by atoms with van der Waals surface area (Å²) < 4.78 is 15.7. The molecule has 0 saturated heterocycles. The maximum Gasteiger partial charge on any atom is 0.150 e. The molecular weight excluding hydrogens is 390 g/mol. The van der Waals surface area contributed by atoms with Crippen LogP contribution in [0.1, 0.15) is 11.1 Å². The predicted molar refractivity (Wildman–Crippen MR) is 117 cm³/mol. The fourth-order valence-corrected chi connectivity index (χ4v) is 4.49. The maximum absolute atomic E-state index is 12.7. The number of benzene rings is 3. The topological polar surface area (TPSA) is 69.6 Å². The van der Waals surface area contributed by atoms with Gasteiger partial charge in [-0.25, -0.2) is 4.21 Å². The van der Waals surface area contributed by atoms with Crippen LogP contribution in [0.15, 0.2) is 88.5 Å². The molecule has 3 N–H and O–H groups in total. The summed E-state index contributed by atoms with van der Waals surface area (Å²) in [7, 11) is -1.61. The van der Waals surface area contributed by atoms with Gasteiger partial charge in [0.2, 0.25) is 0 Å². The van der Waals surface area contributed by atoms with Crippen molar-refractivity contribution in [2.75, 3.05) is 4.72 Å². The van der Waals surface area contributed by atoms with Crippen molar-refractivity contribution in [2.45, 2.75) is 14.7 Å². The Bertz CT molecular complexity index is 1050. The average molecular weight is 410 g/mol. The van der Waals surface area contributed by atoms with Gasteiger partial charge in [-0.05, 0) is 36.4 Å². The van der Waals surface area contributed by atoms with Gasteiger partial charge in [-0.15, -0.1) is 0 Å². The van der Waals surface area contributed by atoms with E-state index in [0.29, 0.717) is 26.6 Å². The van der Waals surface area contributed by atoms with E-state index in [0.717, 1.165) is 4.90 Å². The largest absolute Gasteiger partial charge is 0.508 e. The summed E-state index contributed by atoms with van der Waals surface area (Å²) in [5, 5.41) is 20.3. The molecule has 0 aromatic heterocycles. The van der Waals surface area contributed by atoms with Crippen LogP contribution < -0.4 is 4.72 Å². The molecule has 1 unspecified atom stereocenters. The Labute approximate surface area is 170 Å². The van der Waals surface area contributed by atoms with Gasteiger partial charge in [0.1, 0.15) is 22.5 Å². The monoisotopic (exact) mass is 409 g/mol. The lowest BCUT2D eigenvalue weighted by atomic mass is 10.0. The van der Waals surface area contributed by atoms with Crippen LogP contribution in [0.3, 0.4) is 0 Å². The lowest BCUT2D eigenvalue weighted by Crippen LogP contribution is -2.07. The number of aromatic hydroxyl groups is 2. The molecule has 0 aliphatic heterocycles. The first-order chi connectivity index (χ1) is 13.5. The molecule has 0 radical (unpaired) electrons. The van der Waals surface area contributed by atoms with Crippen molar-refractivity contribution in [1.29, 1.82) is 0 Å². The second kappa shape index (κ2) is 8.82. The summed E-state index contributed by atoms with van der Waals surface area (Å²) in [6.07, 6.45) is 3.12. The quantitative estimate of drug-likeness (QED) is 0.440. The molecule has 3 aromatic rings. The Kier molecular flexibility index (Phi) is 6.23. The summed E-state index contributed by atoms with van der Waals surface area (Å²) in [6, 6.07) is 17.6. The van der Waals surface area contributed by atoms with Gasteiger partial charge in [0.15, 0.2) is 0 Å². The smallest absolute Gasteiger partial charge is 0.150 e. The zero-order chi connectivity index (χ0) is 20.1. The molecule has 0 spiro atoms. The predicted octanol–water partition coefficient (Wildman–Crippen LogP) is 5.67. The van der Waals surface area contributed by atoms with Crippen LogP contribution in [-0.4, -0.2) is 14.4 Å². The normalized spacial score (nSPS) is 11.6. The lowest BCUT2D eigenvalue weighted by molar-refractivity contribution is 0.461. The van der Waals surface area contributed by atoms with Gasteiger partial charge >= 0.3 is 0 Å². The minimum Gasteiger partial charge on any atom is -0.508 e. The van der Waals surface area contributed by atoms with Gasteiger partial charge in [0.25, 0.3) is 0 Å². The molecule has 0 aliphatic carbocycles. The molecular formula is C22H19NO3S2. The third-order valence-corrected chi connectivity index (χ3v) is 6.08. The van der Waals surface area contributed by atoms with Crippen LogP contribution in [-0.2, 0) is 11.0 Å². The highest BCUT2D eigenvalue weighted by Crippen LogP contribution is 2.42. The van der Waals surface area contributed by atoms with E-state index in [1.165, 1.54) is 23.9 Å². The first-order valence-electron chi connectivity index (χ1n) is 8.38. The van der Waals surface area contributed by atoms with Crippen LogP contribution >= 0.6 is 11.8 Å². The minimum absolute atomic E-state index is 0.0365. The molecule has 142 valence electrons. The zero-order valence-electron chi connectivity index (χ0n) is 15.0. The number of rotatable bonds is 7. The van der Waals surface area contributed by atoms with Crippen molar-refractivity contribution in [3.63, 3.8) is 0 Å². The Morgan fingerprint density at radius 2 is 1.64 bits per heavy atom. The summed E-state index contributed by atoms with van der Waals surface area (Å²) in [5.41, 5.74) is 1.65. The van der Waals surface area contributed by atoms with Crippen LogP contribution in [0.25, 0.3) is 12.2 Å². The standard InChI is InChI=1S/C22H19NO3S2/c1-3-18-19(4-2)22(25)21(27-16-10-6-5-7-11-16)14-20(18)23-28(26)17-12-8-9-15(24)13-17/h3-14,23-25H,1-2H2. The van der Waals surface area contributed by atoms with Crippen LogP contribution in [0.2, 0.25) is 0 Å². The molecule has 3 aromatic carbocycles. The number of hydrogen-bond acceptors (Lipinski definition) is 4. The molecule has 28 heavy (non-hydrogen) atoms. The van der Waals surface area contributed by atoms with Gasteiger partial charge in [0, 0.05) is 16.0 Å². The number of nitrogens with one attached hydrogen (secondary N) is 1. The van der Waals surface area contributed by atoms with Crippen molar-refractivity contribution in [2.24, 2.45) is 0 Å². The molecule has 0 bridgehead atoms. The van der Waals surface area contributed by atoms with Crippen molar-refractivity contribution < 1.29 is 14.4 Å². The number of anilines is 1. The highest BCUT2D eigenvalue weighted by molar-refractivity contribution is 7.99. The molecule has 3 rings (SSSR count). The third kappa shape index (κ3) is 4.30. The third-order valence-electron chi connectivity index (χ3n) is 3.96. The van der Waals surface area contributed by atoms with E-state index in [9.17, 15) is 14.4 Å². The lowest BCUT2D eigenvalue weighted by Gasteiger charge is -2.16.